The molecule has 2 aromatic carbocycles. The number of hydrogen-bond acceptors (Lipinski definition) is 5. The Bertz CT molecular complexity index is 1220. The zero-order chi connectivity index (χ0) is 29.4. The van der Waals surface area contributed by atoms with E-state index in [1.165, 1.54) is 37.7 Å². The molecule has 0 bridgehead atoms. The minimum atomic E-state index is -3.33. The first-order chi connectivity index (χ1) is 19.6. The molecule has 1 saturated heterocycles. The van der Waals surface area contributed by atoms with Gasteiger partial charge in [0.25, 0.3) is 0 Å². The van der Waals surface area contributed by atoms with E-state index in [1.54, 1.807) is 12.1 Å². The Hall–Kier alpha value is -2.58. The van der Waals surface area contributed by atoms with E-state index in [0.717, 1.165) is 80.6 Å². The lowest BCUT2D eigenvalue weighted by atomic mass is 9.77. The number of unbranched alkanes of at least 4 members (excludes halogenated alkanes) is 1. The summed E-state index contributed by atoms with van der Waals surface area (Å²) in [5, 5.41) is 3.45. The summed E-state index contributed by atoms with van der Waals surface area (Å²) < 4.78 is 31.9. The molecule has 1 aliphatic heterocycles. The van der Waals surface area contributed by atoms with Gasteiger partial charge in [0, 0.05) is 37.3 Å². The number of carbonyl (C=O) groups is 1. The molecular weight excluding hydrogens is 534 g/mol. The topological polar surface area (TPSA) is 87.7 Å². The molecule has 4 rings (SSSR count). The molecule has 0 aromatic heterocycles. The first kappa shape index (κ1) is 31.4. The van der Waals surface area contributed by atoms with Crippen molar-refractivity contribution in [2.75, 3.05) is 24.1 Å². The van der Waals surface area contributed by atoms with Gasteiger partial charge in [-0.25, -0.2) is 8.42 Å². The highest BCUT2D eigenvalue weighted by Gasteiger charge is 2.31. The number of anilines is 1. The normalized spacial score (nSPS) is 18.1. The molecule has 226 valence electrons. The van der Waals surface area contributed by atoms with Crippen molar-refractivity contribution in [1.29, 1.82) is 0 Å². The molecule has 7 nitrogen and oxygen atoms in total. The summed E-state index contributed by atoms with van der Waals surface area (Å²) in [4.78, 5) is 15.8. The third-order valence-electron chi connectivity index (χ3n) is 8.67. The van der Waals surface area contributed by atoms with Gasteiger partial charge in [-0.2, -0.15) is 0 Å². The van der Waals surface area contributed by atoms with Gasteiger partial charge in [-0.3, -0.25) is 14.4 Å². The predicted octanol–water partition coefficient (Wildman–Crippen LogP) is 6.93. The number of nitrogens with zero attached hydrogens (tertiary/aromatic N) is 1. The van der Waals surface area contributed by atoms with Crippen molar-refractivity contribution < 1.29 is 17.9 Å². The van der Waals surface area contributed by atoms with E-state index in [1.807, 2.05) is 26.0 Å². The number of carbonyl (C=O) groups excluding carboxylic acids is 1. The third-order valence-corrected chi connectivity index (χ3v) is 9.28. The Kier molecular flexibility index (Phi) is 11.1. The SMILES string of the molecule is CCCCC(C(=O)NC1CCN(Cc2ccc(Oc3c(C)cc(NS(C)(=O)=O)cc3C)cc2)CC1)C1CCCCC1. The van der Waals surface area contributed by atoms with Crippen LogP contribution in [0.15, 0.2) is 36.4 Å². The van der Waals surface area contributed by atoms with Gasteiger partial charge in [-0.15, -0.1) is 0 Å². The van der Waals surface area contributed by atoms with E-state index in [2.05, 4.69) is 34.0 Å². The first-order valence-electron chi connectivity index (χ1n) is 15.5. The van der Waals surface area contributed by atoms with E-state index in [9.17, 15) is 13.2 Å². The van der Waals surface area contributed by atoms with Crippen LogP contribution in [0.2, 0.25) is 0 Å². The second-order valence-electron chi connectivity index (χ2n) is 12.3. The van der Waals surface area contributed by atoms with Gasteiger partial charge in [0.15, 0.2) is 0 Å². The molecule has 1 atom stereocenters. The largest absolute Gasteiger partial charge is 0.457 e. The van der Waals surface area contributed by atoms with Crippen molar-refractivity contribution in [2.45, 2.75) is 97.6 Å². The van der Waals surface area contributed by atoms with Crippen LogP contribution in [0.3, 0.4) is 0 Å². The third kappa shape index (κ3) is 9.47. The summed E-state index contributed by atoms with van der Waals surface area (Å²) in [6.07, 6.45) is 12.8. The van der Waals surface area contributed by atoms with E-state index < -0.39 is 10.0 Å². The van der Waals surface area contributed by atoms with Gasteiger partial charge in [0.1, 0.15) is 11.5 Å². The number of sulfonamides is 1. The highest BCUT2D eigenvalue weighted by molar-refractivity contribution is 7.92. The minimum absolute atomic E-state index is 0.198. The standard InChI is InChI=1S/C33H49N3O4S/c1-5-6-12-31(27-10-8-7-9-11-27)33(37)34-28-17-19-36(20-18-28)23-26-13-15-30(16-14-26)40-32-24(2)21-29(22-25(32)3)35-41(4,38)39/h13-16,21-22,27-28,31,35H,5-12,17-20,23H2,1-4H3,(H,34,37). The Morgan fingerprint density at radius 1 is 1.00 bits per heavy atom. The van der Waals surface area contributed by atoms with Crippen molar-refractivity contribution >= 4 is 21.6 Å². The number of piperidine rings is 1. The quantitative estimate of drug-likeness (QED) is 0.283. The molecule has 1 heterocycles. The fraction of sp³-hybridized carbons (Fsp3) is 0.606. The monoisotopic (exact) mass is 583 g/mol. The second kappa shape index (κ2) is 14.5. The van der Waals surface area contributed by atoms with Gasteiger partial charge < -0.3 is 10.1 Å². The predicted molar refractivity (Wildman–Crippen MR) is 167 cm³/mol. The maximum absolute atomic E-state index is 13.3. The van der Waals surface area contributed by atoms with Gasteiger partial charge in [-0.05, 0) is 92.8 Å². The number of amides is 1. The van der Waals surface area contributed by atoms with E-state index in [4.69, 9.17) is 4.74 Å². The molecule has 1 saturated carbocycles. The summed E-state index contributed by atoms with van der Waals surface area (Å²) in [5.41, 5.74) is 3.50. The van der Waals surface area contributed by atoms with Crippen molar-refractivity contribution in [3.8, 4) is 11.5 Å². The Morgan fingerprint density at radius 2 is 1.63 bits per heavy atom. The first-order valence-corrected chi connectivity index (χ1v) is 17.4. The van der Waals surface area contributed by atoms with Crippen LogP contribution in [0.25, 0.3) is 0 Å². The smallest absolute Gasteiger partial charge is 0.229 e. The lowest BCUT2D eigenvalue weighted by Crippen LogP contribution is -2.47. The fourth-order valence-electron chi connectivity index (χ4n) is 6.51. The minimum Gasteiger partial charge on any atom is -0.457 e. The lowest BCUT2D eigenvalue weighted by Gasteiger charge is -2.35. The van der Waals surface area contributed by atoms with Gasteiger partial charge in [0.2, 0.25) is 15.9 Å². The number of hydrogen-bond donors (Lipinski definition) is 2. The zero-order valence-electron chi connectivity index (χ0n) is 25.4. The summed E-state index contributed by atoms with van der Waals surface area (Å²) in [6.45, 7) is 8.90. The van der Waals surface area contributed by atoms with Crippen LogP contribution < -0.4 is 14.8 Å². The zero-order valence-corrected chi connectivity index (χ0v) is 26.2. The van der Waals surface area contributed by atoms with E-state index in [-0.39, 0.29) is 12.0 Å². The van der Waals surface area contributed by atoms with Crippen LogP contribution in [-0.2, 0) is 21.4 Å². The van der Waals surface area contributed by atoms with E-state index in [0.29, 0.717) is 17.5 Å². The molecule has 2 fully saturated rings. The number of likely N-dealkylation sites (tertiary alicyclic amines) is 1. The molecule has 2 N–H and O–H groups in total. The van der Waals surface area contributed by atoms with Crippen molar-refractivity contribution in [3.05, 3.63) is 53.1 Å². The average molecular weight is 584 g/mol. The number of aryl methyl sites for hydroxylation is 2. The Labute approximate surface area is 247 Å². The van der Waals surface area contributed by atoms with Crippen molar-refractivity contribution in [3.63, 3.8) is 0 Å². The fourth-order valence-corrected chi connectivity index (χ4v) is 7.05. The summed E-state index contributed by atoms with van der Waals surface area (Å²) in [6, 6.07) is 12.0. The second-order valence-corrected chi connectivity index (χ2v) is 14.0. The highest BCUT2D eigenvalue weighted by Crippen LogP contribution is 2.34. The number of benzene rings is 2. The molecule has 8 heteroatoms. The molecule has 2 aromatic rings. The van der Waals surface area contributed by atoms with Gasteiger partial charge >= 0.3 is 0 Å². The summed E-state index contributed by atoms with van der Waals surface area (Å²) in [5.74, 6) is 2.57. The van der Waals surface area contributed by atoms with Crippen LogP contribution >= 0.6 is 0 Å². The number of ether oxygens (including phenoxy) is 1. The summed E-state index contributed by atoms with van der Waals surface area (Å²) in [7, 11) is -3.33. The molecule has 1 aliphatic carbocycles. The highest BCUT2D eigenvalue weighted by atomic mass is 32.2. The van der Waals surface area contributed by atoms with Crippen LogP contribution in [0.4, 0.5) is 5.69 Å². The Morgan fingerprint density at radius 3 is 2.22 bits per heavy atom. The van der Waals surface area contributed by atoms with Gasteiger partial charge in [0.05, 0.1) is 6.26 Å². The van der Waals surface area contributed by atoms with Gasteiger partial charge in [-0.1, -0.05) is 51.2 Å². The number of nitrogens with one attached hydrogen (secondary N) is 2. The molecule has 2 aliphatic rings. The average Bonchev–Trinajstić information content (AvgIpc) is 2.93. The van der Waals surface area contributed by atoms with Crippen molar-refractivity contribution in [2.24, 2.45) is 11.8 Å². The Balaban J connectivity index is 1.26. The van der Waals surface area contributed by atoms with Crippen LogP contribution in [0.5, 0.6) is 11.5 Å². The molecular formula is C33H49N3O4S. The lowest BCUT2D eigenvalue weighted by molar-refractivity contribution is -0.128. The maximum Gasteiger partial charge on any atom is 0.229 e. The molecule has 1 unspecified atom stereocenters. The molecule has 1 amide bonds. The summed E-state index contributed by atoms with van der Waals surface area (Å²) >= 11 is 0. The molecule has 41 heavy (non-hydrogen) atoms. The molecule has 0 spiro atoms. The van der Waals surface area contributed by atoms with Crippen molar-refractivity contribution in [1.82, 2.24) is 10.2 Å². The van der Waals surface area contributed by atoms with Crippen LogP contribution in [-0.4, -0.2) is 44.6 Å². The van der Waals surface area contributed by atoms with Crippen LogP contribution in [0, 0.1) is 25.7 Å². The molecule has 0 radical (unpaired) electrons. The number of rotatable bonds is 12. The maximum atomic E-state index is 13.3. The van der Waals surface area contributed by atoms with Crippen LogP contribution in [0.1, 0.15) is 87.8 Å². The van der Waals surface area contributed by atoms with E-state index >= 15 is 0 Å².